The van der Waals surface area contributed by atoms with E-state index in [1.165, 1.54) is 0 Å². The van der Waals surface area contributed by atoms with Gasteiger partial charge >= 0.3 is 0 Å². The molecule has 0 aliphatic heterocycles. The van der Waals surface area contributed by atoms with Crippen LogP contribution in [-0.4, -0.2) is 9.55 Å². The lowest BCUT2D eigenvalue weighted by atomic mass is 10.1. The van der Waals surface area contributed by atoms with Gasteiger partial charge in [0.15, 0.2) is 0 Å². The van der Waals surface area contributed by atoms with Crippen molar-refractivity contribution >= 4 is 5.69 Å². The monoisotopic (exact) mass is 274 g/mol. The molecule has 3 rings (SSSR count). The minimum absolute atomic E-state index is 0.660. The number of para-hydroxylation sites is 1. The maximum atomic E-state index is 9.06. The standard InChI is InChI=1S/C17H14N4/c18-11-15-3-1-2-4-17(15)20-12-14-5-7-16(8-6-14)21-10-9-19-13-21/h1-10,13,20H,12H2. The zero-order valence-corrected chi connectivity index (χ0v) is 11.4. The highest BCUT2D eigenvalue weighted by atomic mass is 15.0. The Morgan fingerprint density at radius 1 is 1.10 bits per heavy atom. The van der Waals surface area contributed by atoms with Gasteiger partial charge in [0.2, 0.25) is 0 Å². The van der Waals surface area contributed by atoms with Gasteiger partial charge in [0, 0.05) is 24.6 Å². The molecule has 0 spiro atoms. The molecule has 0 saturated carbocycles. The average Bonchev–Trinajstić information content (AvgIpc) is 3.08. The van der Waals surface area contributed by atoms with Crippen LogP contribution in [0.5, 0.6) is 0 Å². The van der Waals surface area contributed by atoms with Crippen molar-refractivity contribution in [3.8, 4) is 11.8 Å². The van der Waals surface area contributed by atoms with Crippen LogP contribution in [0, 0.1) is 11.3 Å². The van der Waals surface area contributed by atoms with Gasteiger partial charge < -0.3 is 9.88 Å². The van der Waals surface area contributed by atoms with Crippen molar-refractivity contribution < 1.29 is 0 Å². The van der Waals surface area contributed by atoms with Crippen molar-refractivity contribution in [1.29, 1.82) is 5.26 Å². The van der Waals surface area contributed by atoms with Gasteiger partial charge in [0.05, 0.1) is 17.6 Å². The molecule has 0 radical (unpaired) electrons. The van der Waals surface area contributed by atoms with Gasteiger partial charge in [-0.2, -0.15) is 5.26 Å². The molecule has 0 unspecified atom stereocenters. The summed E-state index contributed by atoms with van der Waals surface area (Å²) in [5.41, 5.74) is 3.76. The van der Waals surface area contributed by atoms with Crippen molar-refractivity contribution in [3.05, 3.63) is 78.4 Å². The second kappa shape index (κ2) is 5.93. The first-order valence-corrected chi connectivity index (χ1v) is 6.67. The van der Waals surface area contributed by atoms with E-state index in [2.05, 4.69) is 40.6 Å². The Balaban J connectivity index is 1.70. The molecule has 1 heterocycles. The van der Waals surface area contributed by atoms with Gasteiger partial charge in [0.1, 0.15) is 6.07 Å². The molecular formula is C17H14N4. The summed E-state index contributed by atoms with van der Waals surface area (Å²) in [7, 11) is 0. The molecule has 21 heavy (non-hydrogen) atoms. The maximum Gasteiger partial charge on any atom is 0.101 e. The normalized spacial score (nSPS) is 10.0. The van der Waals surface area contributed by atoms with Crippen LogP contribution in [0.2, 0.25) is 0 Å². The number of hydrogen-bond acceptors (Lipinski definition) is 3. The molecule has 102 valence electrons. The molecule has 1 N–H and O–H groups in total. The Hall–Kier alpha value is -3.06. The van der Waals surface area contributed by atoms with Crippen LogP contribution in [0.3, 0.4) is 0 Å². The first-order valence-electron chi connectivity index (χ1n) is 6.67. The van der Waals surface area contributed by atoms with Gasteiger partial charge in [-0.1, -0.05) is 24.3 Å². The molecule has 0 bridgehead atoms. The van der Waals surface area contributed by atoms with E-state index in [1.54, 1.807) is 12.5 Å². The van der Waals surface area contributed by atoms with Crippen LogP contribution in [0.4, 0.5) is 5.69 Å². The summed E-state index contributed by atoms with van der Waals surface area (Å²) in [5, 5.41) is 12.4. The quantitative estimate of drug-likeness (QED) is 0.793. The Morgan fingerprint density at radius 3 is 2.62 bits per heavy atom. The fourth-order valence-electron chi connectivity index (χ4n) is 2.13. The third-order valence-electron chi connectivity index (χ3n) is 3.27. The molecule has 0 aliphatic rings. The second-order valence-corrected chi connectivity index (χ2v) is 4.65. The summed E-state index contributed by atoms with van der Waals surface area (Å²) < 4.78 is 1.96. The molecule has 0 atom stereocenters. The number of aromatic nitrogens is 2. The first kappa shape index (κ1) is 12.9. The largest absolute Gasteiger partial charge is 0.380 e. The molecule has 0 fully saturated rings. The summed E-state index contributed by atoms with van der Waals surface area (Å²) in [6.07, 6.45) is 5.45. The summed E-state index contributed by atoms with van der Waals surface area (Å²) in [6, 6.07) is 17.9. The van der Waals surface area contributed by atoms with Gasteiger partial charge in [0.25, 0.3) is 0 Å². The SMILES string of the molecule is N#Cc1ccccc1NCc1ccc(-n2ccnc2)cc1. The zero-order valence-electron chi connectivity index (χ0n) is 11.4. The van der Waals surface area contributed by atoms with Crippen molar-refractivity contribution in [1.82, 2.24) is 9.55 Å². The molecule has 3 aromatic rings. The third kappa shape index (κ3) is 2.93. The van der Waals surface area contributed by atoms with E-state index < -0.39 is 0 Å². The summed E-state index contributed by atoms with van der Waals surface area (Å²) in [4.78, 5) is 4.04. The molecule has 0 aliphatic carbocycles. The molecule has 4 nitrogen and oxygen atoms in total. The minimum Gasteiger partial charge on any atom is -0.380 e. The van der Waals surface area contributed by atoms with Gasteiger partial charge in [-0.3, -0.25) is 0 Å². The molecule has 0 saturated heterocycles. The Morgan fingerprint density at radius 2 is 1.90 bits per heavy atom. The molecular weight excluding hydrogens is 260 g/mol. The van der Waals surface area contributed by atoms with Crippen LogP contribution in [-0.2, 0) is 6.54 Å². The van der Waals surface area contributed by atoms with Crippen molar-refractivity contribution in [2.45, 2.75) is 6.54 Å². The number of hydrogen-bond donors (Lipinski definition) is 1. The van der Waals surface area contributed by atoms with E-state index in [-0.39, 0.29) is 0 Å². The Bertz CT molecular complexity index is 752. The highest BCUT2D eigenvalue weighted by Gasteiger charge is 2.01. The predicted octanol–water partition coefficient (Wildman–Crippen LogP) is 3.36. The van der Waals surface area contributed by atoms with Crippen molar-refractivity contribution in [2.24, 2.45) is 0 Å². The van der Waals surface area contributed by atoms with Gasteiger partial charge in [-0.05, 0) is 29.8 Å². The number of nitrogens with one attached hydrogen (secondary N) is 1. The molecule has 4 heteroatoms. The summed E-state index contributed by atoms with van der Waals surface area (Å²) in [6.45, 7) is 0.683. The average molecular weight is 274 g/mol. The fraction of sp³-hybridized carbons (Fsp3) is 0.0588. The topological polar surface area (TPSA) is 53.6 Å². The Kier molecular flexibility index (Phi) is 3.66. The van der Waals surface area contributed by atoms with Crippen LogP contribution >= 0.6 is 0 Å². The van der Waals surface area contributed by atoms with Crippen LogP contribution < -0.4 is 5.32 Å². The van der Waals surface area contributed by atoms with Crippen LogP contribution in [0.25, 0.3) is 5.69 Å². The number of rotatable bonds is 4. The predicted molar refractivity (Wildman–Crippen MR) is 82.0 cm³/mol. The maximum absolute atomic E-state index is 9.06. The second-order valence-electron chi connectivity index (χ2n) is 4.65. The minimum atomic E-state index is 0.660. The van der Waals surface area contributed by atoms with Crippen molar-refractivity contribution in [2.75, 3.05) is 5.32 Å². The van der Waals surface area contributed by atoms with E-state index >= 15 is 0 Å². The number of benzene rings is 2. The van der Waals surface area contributed by atoms with Crippen LogP contribution in [0.15, 0.2) is 67.3 Å². The molecule has 1 aromatic heterocycles. The molecule has 0 amide bonds. The van der Waals surface area contributed by atoms with E-state index in [1.807, 2.05) is 35.0 Å². The first-order chi connectivity index (χ1) is 10.4. The van der Waals surface area contributed by atoms with Gasteiger partial charge in [-0.25, -0.2) is 4.98 Å². The smallest absolute Gasteiger partial charge is 0.101 e. The van der Waals surface area contributed by atoms with Gasteiger partial charge in [-0.15, -0.1) is 0 Å². The van der Waals surface area contributed by atoms with Crippen LogP contribution in [0.1, 0.15) is 11.1 Å². The number of anilines is 1. The van der Waals surface area contributed by atoms with E-state index in [0.717, 1.165) is 16.9 Å². The summed E-state index contributed by atoms with van der Waals surface area (Å²) >= 11 is 0. The third-order valence-corrected chi connectivity index (χ3v) is 3.27. The van der Waals surface area contributed by atoms with Crippen molar-refractivity contribution in [3.63, 3.8) is 0 Å². The number of nitriles is 1. The van der Waals surface area contributed by atoms with E-state index in [4.69, 9.17) is 5.26 Å². The summed E-state index contributed by atoms with van der Waals surface area (Å²) in [5.74, 6) is 0. The van der Waals surface area contributed by atoms with E-state index in [0.29, 0.717) is 12.1 Å². The lowest BCUT2D eigenvalue weighted by Gasteiger charge is -2.09. The highest BCUT2D eigenvalue weighted by Crippen LogP contribution is 2.15. The molecule has 2 aromatic carbocycles. The highest BCUT2D eigenvalue weighted by molar-refractivity contribution is 5.57. The zero-order chi connectivity index (χ0) is 14.5. The lowest BCUT2D eigenvalue weighted by molar-refractivity contribution is 1.05. The number of nitrogens with zero attached hydrogens (tertiary/aromatic N) is 3. The fourth-order valence-corrected chi connectivity index (χ4v) is 2.13. The Labute approximate surface area is 123 Å². The lowest BCUT2D eigenvalue weighted by Crippen LogP contribution is -2.01. The van der Waals surface area contributed by atoms with E-state index in [9.17, 15) is 0 Å². The number of imidazole rings is 1.